The second kappa shape index (κ2) is 11.6. The molecule has 0 spiro atoms. The molecule has 2 aliphatic heterocycles. The lowest BCUT2D eigenvalue weighted by Gasteiger charge is -2.33. The minimum Gasteiger partial charge on any atom is -0.497 e. The molecule has 1 amide bonds. The molecule has 0 saturated carbocycles. The van der Waals surface area contributed by atoms with Crippen molar-refractivity contribution >= 4 is 11.6 Å². The average molecular weight is 498 g/mol. The Morgan fingerprint density at radius 2 is 1.62 bits per heavy atom. The molecule has 37 heavy (non-hydrogen) atoms. The molecule has 6 heteroatoms. The van der Waals surface area contributed by atoms with Gasteiger partial charge in [0.1, 0.15) is 11.5 Å². The van der Waals surface area contributed by atoms with Gasteiger partial charge in [0.2, 0.25) is 0 Å². The topological polar surface area (TPSA) is 54.4 Å². The zero-order chi connectivity index (χ0) is 25.6. The van der Waals surface area contributed by atoms with Crippen LogP contribution in [-0.4, -0.2) is 55.4 Å². The zero-order valence-corrected chi connectivity index (χ0v) is 21.7. The maximum absolute atomic E-state index is 13.7. The van der Waals surface area contributed by atoms with Gasteiger partial charge in [-0.15, -0.1) is 0 Å². The smallest absolute Gasteiger partial charge is 0.257 e. The molecule has 0 aromatic heterocycles. The molecule has 2 aliphatic rings. The Bertz CT molecular complexity index is 1220. The quantitative estimate of drug-likeness (QED) is 0.422. The lowest BCUT2D eigenvalue weighted by atomic mass is 9.90. The number of benzene rings is 3. The molecule has 1 atom stereocenters. The van der Waals surface area contributed by atoms with Gasteiger partial charge in [-0.2, -0.15) is 5.10 Å². The minimum absolute atomic E-state index is 0.0160. The number of hydrogen-bond acceptors (Lipinski definition) is 5. The highest BCUT2D eigenvalue weighted by Gasteiger charge is 2.36. The van der Waals surface area contributed by atoms with Crippen LogP contribution in [0.1, 0.15) is 42.0 Å². The number of carbonyl (C=O) groups excluding carboxylic acids is 1. The van der Waals surface area contributed by atoms with Crippen molar-refractivity contribution in [2.45, 2.75) is 31.7 Å². The van der Waals surface area contributed by atoms with Crippen molar-refractivity contribution in [3.8, 4) is 11.5 Å². The number of methoxy groups -OCH3 is 2. The van der Waals surface area contributed by atoms with Gasteiger partial charge in [-0.25, -0.2) is 5.01 Å². The molecule has 2 heterocycles. The molecule has 192 valence electrons. The monoisotopic (exact) mass is 497 g/mol. The summed E-state index contributed by atoms with van der Waals surface area (Å²) in [5, 5.41) is 6.54. The first kappa shape index (κ1) is 25.0. The number of piperidine rings is 1. The van der Waals surface area contributed by atoms with E-state index in [9.17, 15) is 4.79 Å². The van der Waals surface area contributed by atoms with Gasteiger partial charge in [-0.1, -0.05) is 60.7 Å². The second-order valence-corrected chi connectivity index (χ2v) is 9.89. The van der Waals surface area contributed by atoms with E-state index in [4.69, 9.17) is 14.6 Å². The van der Waals surface area contributed by atoms with Crippen molar-refractivity contribution < 1.29 is 14.3 Å². The van der Waals surface area contributed by atoms with Crippen molar-refractivity contribution in [1.29, 1.82) is 0 Å². The summed E-state index contributed by atoms with van der Waals surface area (Å²) in [5.74, 6) is 2.14. The van der Waals surface area contributed by atoms with E-state index in [-0.39, 0.29) is 11.9 Å². The van der Waals surface area contributed by atoms with Crippen LogP contribution >= 0.6 is 0 Å². The molecule has 0 unspecified atom stereocenters. The van der Waals surface area contributed by atoms with Gasteiger partial charge >= 0.3 is 0 Å². The maximum Gasteiger partial charge on any atom is 0.257 e. The Morgan fingerprint density at radius 1 is 0.919 bits per heavy atom. The average Bonchev–Trinajstić information content (AvgIpc) is 3.40. The fraction of sp³-hybridized carbons (Fsp3) is 0.355. The first-order valence-corrected chi connectivity index (χ1v) is 13.1. The summed E-state index contributed by atoms with van der Waals surface area (Å²) in [6, 6.07) is 26.3. The first-order chi connectivity index (χ1) is 18.1. The van der Waals surface area contributed by atoms with Gasteiger partial charge in [-0.3, -0.25) is 9.69 Å². The third kappa shape index (κ3) is 5.86. The van der Waals surface area contributed by atoms with Crippen LogP contribution in [0, 0.1) is 5.92 Å². The summed E-state index contributed by atoms with van der Waals surface area (Å²) in [6.45, 7) is 2.23. The number of carbonyl (C=O) groups is 1. The highest BCUT2D eigenvalue weighted by Crippen LogP contribution is 2.39. The number of rotatable bonds is 8. The van der Waals surface area contributed by atoms with E-state index in [1.807, 2.05) is 48.5 Å². The van der Waals surface area contributed by atoms with Gasteiger partial charge in [0.05, 0.1) is 32.5 Å². The normalized spacial score (nSPS) is 18.5. The van der Waals surface area contributed by atoms with Crippen molar-refractivity contribution in [3.05, 3.63) is 95.6 Å². The summed E-state index contributed by atoms with van der Waals surface area (Å²) >= 11 is 0. The summed E-state index contributed by atoms with van der Waals surface area (Å²) < 4.78 is 11.2. The van der Waals surface area contributed by atoms with Crippen molar-refractivity contribution in [2.75, 3.05) is 33.9 Å². The van der Waals surface area contributed by atoms with Crippen LogP contribution in [0.3, 0.4) is 0 Å². The van der Waals surface area contributed by atoms with E-state index in [0.717, 1.165) is 60.7 Å². The van der Waals surface area contributed by atoms with E-state index in [2.05, 4.69) is 35.2 Å². The van der Waals surface area contributed by atoms with Crippen LogP contribution < -0.4 is 9.47 Å². The first-order valence-electron chi connectivity index (χ1n) is 13.1. The van der Waals surface area contributed by atoms with E-state index < -0.39 is 0 Å². The largest absolute Gasteiger partial charge is 0.497 e. The molecule has 6 nitrogen and oxygen atoms in total. The van der Waals surface area contributed by atoms with Crippen LogP contribution in [0.2, 0.25) is 0 Å². The maximum atomic E-state index is 13.7. The molecule has 0 bridgehead atoms. The molecule has 0 radical (unpaired) electrons. The van der Waals surface area contributed by atoms with Gasteiger partial charge in [0.25, 0.3) is 5.91 Å². The Balaban J connectivity index is 1.31. The van der Waals surface area contributed by atoms with Crippen molar-refractivity contribution in [3.63, 3.8) is 0 Å². The molecular weight excluding hydrogens is 462 g/mol. The predicted molar refractivity (Wildman–Crippen MR) is 146 cm³/mol. The molecule has 3 aromatic carbocycles. The predicted octanol–water partition coefficient (Wildman–Crippen LogP) is 5.34. The Hall–Kier alpha value is -3.64. The molecular formula is C31H35N3O3. The highest BCUT2D eigenvalue weighted by molar-refractivity contribution is 6.03. The zero-order valence-electron chi connectivity index (χ0n) is 21.7. The summed E-state index contributed by atoms with van der Waals surface area (Å²) in [6.07, 6.45) is 3.94. The molecule has 0 N–H and O–H groups in total. The van der Waals surface area contributed by atoms with Crippen LogP contribution in [-0.2, 0) is 11.2 Å². The van der Waals surface area contributed by atoms with Crippen LogP contribution in [0.5, 0.6) is 11.5 Å². The van der Waals surface area contributed by atoms with E-state index in [1.165, 1.54) is 5.56 Å². The second-order valence-electron chi connectivity index (χ2n) is 9.89. The SMILES string of the molecule is COc1ccc(OC)c([C@@H]2CC(c3ccccc3)=NN2C(=O)CN2CCC(Cc3ccccc3)CC2)c1. The Morgan fingerprint density at radius 3 is 2.30 bits per heavy atom. The fourth-order valence-electron chi connectivity index (χ4n) is 5.45. The summed E-state index contributed by atoms with van der Waals surface area (Å²) in [7, 11) is 3.31. The van der Waals surface area contributed by atoms with Crippen molar-refractivity contribution in [2.24, 2.45) is 11.0 Å². The van der Waals surface area contributed by atoms with Crippen molar-refractivity contribution in [1.82, 2.24) is 9.91 Å². The number of likely N-dealkylation sites (tertiary alicyclic amines) is 1. The number of amides is 1. The van der Waals surface area contributed by atoms with Gasteiger partial charge < -0.3 is 9.47 Å². The van der Waals surface area contributed by atoms with Crippen LogP contribution in [0.25, 0.3) is 0 Å². The molecule has 0 aliphatic carbocycles. The third-order valence-corrected chi connectivity index (χ3v) is 7.50. The van der Waals surface area contributed by atoms with Crippen LogP contribution in [0.15, 0.2) is 84.0 Å². The molecule has 3 aromatic rings. The summed E-state index contributed by atoms with van der Waals surface area (Å²) in [4.78, 5) is 16.0. The molecule has 5 rings (SSSR count). The fourth-order valence-corrected chi connectivity index (χ4v) is 5.45. The van der Waals surface area contributed by atoms with E-state index in [1.54, 1.807) is 19.2 Å². The number of hydrazone groups is 1. The van der Waals surface area contributed by atoms with Crippen LogP contribution in [0.4, 0.5) is 0 Å². The van der Waals surface area contributed by atoms with E-state index >= 15 is 0 Å². The molecule has 1 fully saturated rings. The number of hydrogen-bond donors (Lipinski definition) is 0. The molecule has 1 saturated heterocycles. The standard InChI is InChI=1S/C31H35N3O3/c1-36-26-13-14-30(37-2)27(20-26)29-21-28(25-11-7-4-8-12-25)32-34(29)31(35)22-33-17-15-24(16-18-33)19-23-9-5-3-6-10-23/h3-14,20,24,29H,15-19,21-22H2,1-2H3/t29-/m0/s1. The van der Waals surface area contributed by atoms with Gasteiger partial charge in [0.15, 0.2) is 0 Å². The van der Waals surface area contributed by atoms with Gasteiger partial charge in [-0.05, 0) is 67.6 Å². The third-order valence-electron chi connectivity index (χ3n) is 7.50. The number of nitrogens with zero attached hydrogens (tertiary/aromatic N) is 3. The lowest BCUT2D eigenvalue weighted by Crippen LogP contribution is -2.42. The Kier molecular flexibility index (Phi) is 7.85. The minimum atomic E-state index is -0.247. The summed E-state index contributed by atoms with van der Waals surface area (Å²) in [5.41, 5.74) is 4.25. The Labute approximate surface area is 219 Å². The van der Waals surface area contributed by atoms with E-state index in [0.29, 0.717) is 18.9 Å². The number of ether oxygens (including phenoxy) is 2. The van der Waals surface area contributed by atoms with Gasteiger partial charge in [0, 0.05) is 12.0 Å². The highest BCUT2D eigenvalue weighted by atomic mass is 16.5. The lowest BCUT2D eigenvalue weighted by molar-refractivity contribution is -0.134.